The van der Waals surface area contributed by atoms with Crippen molar-refractivity contribution in [3.8, 4) is 0 Å². The molecule has 2 rings (SSSR count). The maximum Gasteiger partial charge on any atom is 0.336 e. The second kappa shape index (κ2) is 7.66. The van der Waals surface area contributed by atoms with Crippen LogP contribution in [0.5, 0.6) is 0 Å². The zero-order valence-electron chi connectivity index (χ0n) is 15.3. The molecule has 0 saturated heterocycles. The Bertz CT molecular complexity index is 752. The van der Waals surface area contributed by atoms with Gasteiger partial charge in [-0.3, -0.25) is 0 Å². The number of benzene rings is 2. The number of hydrogen-bond donors (Lipinski definition) is 2. The maximum atomic E-state index is 11.4. The molecule has 132 valence electrons. The minimum Gasteiger partial charge on any atom is -0.478 e. The van der Waals surface area contributed by atoms with Crippen LogP contribution in [0.2, 0.25) is 0 Å². The lowest BCUT2D eigenvalue weighted by atomic mass is 9.80. The van der Waals surface area contributed by atoms with Crippen molar-refractivity contribution in [1.29, 1.82) is 0 Å². The van der Waals surface area contributed by atoms with E-state index in [4.69, 9.17) is 0 Å². The highest BCUT2D eigenvalue weighted by atomic mass is 16.4. The Morgan fingerprint density at radius 3 is 2.08 bits per heavy atom. The molecule has 0 spiro atoms. The Balaban J connectivity index is 2.19. The van der Waals surface area contributed by atoms with Crippen molar-refractivity contribution in [1.82, 2.24) is 0 Å². The number of allylic oxidation sites excluding steroid dienone is 1. The molecule has 0 heterocycles. The summed E-state index contributed by atoms with van der Waals surface area (Å²) in [5.74, 6) is -0.892. The third-order valence-electron chi connectivity index (χ3n) is 4.82. The van der Waals surface area contributed by atoms with Crippen LogP contribution in [0, 0.1) is 5.92 Å². The van der Waals surface area contributed by atoms with Crippen LogP contribution in [0.25, 0.3) is 5.57 Å². The van der Waals surface area contributed by atoms with Crippen LogP contribution in [0.4, 0.5) is 0 Å². The van der Waals surface area contributed by atoms with Crippen molar-refractivity contribution >= 4 is 11.5 Å². The molecular weight excluding hydrogens is 312 g/mol. The van der Waals surface area contributed by atoms with E-state index in [-0.39, 0.29) is 5.92 Å². The minimum absolute atomic E-state index is 0.0168. The summed E-state index contributed by atoms with van der Waals surface area (Å²) in [5.41, 5.74) is 2.88. The predicted molar refractivity (Wildman–Crippen MR) is 101 cm³/mol. The molecule has 0 fully saturated rings. The van der Waals surface area contributed by atoms with Gasteiger partial charge in [0.05, 0.1) is 11.2 Å². The summed E-state index contributed by atoms with van der Waals surface area (Å²) >= 11 is 0. The van der Waals surface area contributed by atoms with E-state index >= 15 is 0 Å². The monoisotopic (exact) mass is 338 g/mol. The average Bonchev–Trinajstić information content (AvgIpc) is 2.56. The Hall–Kier alpha value is -2.39. The molecule has 0 amide bonds. The van der Waals surface area contributed by atoms with E-state index in [0.717, 1.165) is 16.7 Å². The second-order valence-corrected chi connectivity index (χ2v) is 7.00. The van der Waals surface area contributed by atoms with Gasteiger partial charge in [0.25, 0.3) is 0 Å². The van der Waals surface area contributed by atoms with Crippen LogP contribution in [0.1, 0.15) is 44.4 Å². The Morgan fingerprint density at radius 2 is 1.60 bits per heavy atom. The van der Waals surface area contributed by atoms with Gasteiger partial charge < -0.3 is 10.2 Å². The number of aliphatic carboxylic acids is 1. The fraction of sp³-hybridized carbons (Fsp3) is 0.318. The first-order valence-electron chi connectivity index (χ1n) is 8.51. The van der Waals surface area contributed by atoms with Crippen molar-refractivity contribution in [2.75, 3.05) is 0 Å². The molecule has 0 aromatic heterocycles. The van der Waals surface area contributed by atoms with E-state index in [9.17, 15) is 15.0 Å². The molecule has 0 aliphatic carbocycles. The van der Waals surface area contributed by atoms with Crippen LogP contribution in [0.15, 0.2) is 60.2 Å². The first kappa shape index (κ1) is 18.9. The SMILES string of the molecule is CC(C)=C(C(=O)O)c1ccc(CC(C)C(C)(O)c2ccccc2)cc1. The van der Waals surface area contributed by atoms with Crippen molar-refractivity contribution in [3.63, 3.8) is 0 Å². The number of hydrogen-bond acceptors (Lipinski definition) is 2. The zero-order chi connectivity index (χ0) is 18.6. The molecule has 3 heteroatoms. The summed E-state index contributed by atoms with van der Waals surface area (Å²) in [6.45, 7) is 7.47. The highest BCUT2D eigenvalue weighted by Crippen LogP contribution is 2.31. The largest absolute Gasteiger partial charge is 0.478 e. The Labute approximate surface area is 149 Å². The van der Waals surface area contributed by atoms with Crippen LogP contribution in [-0.2, 0) is 16.8 Å². The van der Waals surface area contributed by atoms with Crippen LogP contribution in [-0.4, -0.2) is 16.2 Å². The van der Waals surface area contributed by atoms with Gasteiger partial charge in [-0.15, -0.1) is 0 Å². The van der Waals surface area contributed by atoms with Crippen LogP contribution in [0.3, 0.4) is 0 Å². The lowest BCUT2D eigenvalue weighted by Gasteiger charge is -2.31. The molecule has 2 atom stereocenters. The summed E-state index contributed by atoms with van der Waals surface area (Å²) in [4.78, 5) is 11.4. The smallest absolute Gasteiger partial charge is 0.336 e. The lowest BCUT2D eigenvalue weighted by Crippen LogP contribution is -2.31. The molecular formula is C22H26O3. The molecule has 2 aromatic carbocycles. The van der Waals surface area contributed by atoms with Gasteiger partial charge in [-0.1, -0.05) is 67.1 Å². The van der Waals surface area contributed by atoms with E-state index < -0.39 is 11.6 Å². The van der Waals surface area contributed by atoms with Gasteiger partial charge in [0.15, 0.2) is 0 Å². The van der Waals surface area contributed by atoms with Gasteiger partial charge in [-0.25, -0.2) is 4.79 Å². The van der Waals surface area contributed by atoms with Crippen molar-refractivity contribution in [3.05, 3.63) is 76.9 Å². The summed E-state index contributed by atoms with van der Waals surface area (Å²) in [5, 5.41) is 20.3. The molecule has 0 bridgehead atoms. The Morgan fingerprint density at radius 1 is 1.04 bits per heavy atom. The van der Waals surface area contributed by atoms with Gasteiger partial charge >= 0.3 is 5.97 Å². The van der Waals surface area contributed by atoms with Crippen LogP contribution >= 0.6 is 0 Å². The quantitative estimate of drug-likeness (QED) is 0.754. The molecule has 0 saturated carbocycles. The lowest BCUT2D eigenvalue weighted by molar-refractivity contribution is -0.130. The second-order valence-electron chi connectivity index (χ2n) is 7.00. The normalized spacial score (nSPS) is 14.4. The standard InChI is InChI=1S/C22H26O3/c1-15(2)20(21(23)24)18-12-10-17(11-13-18)14-16(3)22(4,25)19-8-6-5-7-9-19/h5-13,16,25H,14H2,1-4H3,(H,23,24). The summed E-state index contributed by atoms with van der Waals surface area (Å²) < 4.78 is 0. The number of rotatable bonds is 6. The number of carboxylic acid groups (broad SMARTS) is 1. The highest BCUT2D eigenvalue weighted by molar-refractivity contribution is 6.16. The number of carboxylic acids is 1. The molecule has 25 heavy (non-hydrogen) atoms. The molecule has 0 aliphatic rings. The summed E-state index contributed by atoms with van der Waals surface area (Å²) in [6, 6.07) is 17.2. The van der Waals surface area contributed by atoms with Gasteiger partial charge in [0.1, 0.15) is 0 Å². The first-order chi connectivity index (χ1) is 11.7. The van der Waals surface area contributed by atoms with Gasteiger partial charge in [0.2, 0.25) is 0 Å². The van der Waals surface area contributed by atoms with E-state index in [2.05, 4.69) is 0 Å². The predicted octanol–water partition coefficient (Wildman–Crippen LogP) is 4.65. The van der Waals surface area contributed by atoms with Crippen molar-refractivity contribution < 1.29 is 15.0 Å². The van der Waals surface area contributed by atoms with Crippen LogP contribution < -0.4 is 0 Å². The Kier molecular flexibility index (Phi) is 5.81. The maximum absolute atomic E-state index is 11.4. The summed E-state index contributed by atoms with van der Waals surface area (Å²) in [7, 11) is 0. The molecule has 2 unspecified atom stereocenters. The third-order valence-corrected chi connectivity index (χ3v) is 4.82. The minimum atomic E-state index is -0.925. The van der Waals surface area contributed by atoms with E-state index in [1.54, 1.807) is 13.8 Å². The number of carbonyl (C=O) groups is 1. The van der Waals surface area contributed by atoms with Crippen molar-refractivity contribution in [2.24, 2.45) is 5.92 Å². The zero-order valence-corrected chi connectivity index (χ0v) is 15.3. The fourth-order valence-corrected chi connectivity index (χ4v) is 3.05. The van der Waals surface area contributed by atoms with E-state index in [1.807, 2.05) is 68.4 Å². The topological polar surface area (TPSA) is 57.5 Å². The highest BCUT2D eigenvalue weighted by Gasteiger charge is 2.30. The van der Waals surface area contributed by atoms with Gasteiger partial charge in [-0.2, -0.15) is 0 Å². The van der Waals surface area contributed by atoms with Crippen molar-refractivity contribution in [2.45, 2.75) is 39.7 Å². The molecule has 2 aromatic rings. The van der Waals surface area contributed by atoms with Gasteiger partial charge in [0, 0.05) is 0 Å². The first-order valence-corrected chi connectivity index (χ1v) is 8.51. The van der Waals surface area contributed by atoms with E-state index in [0.29, 0.717) is 17.6 Å². The third kappa shape index (κ3) is 4.37. The number of aliphatic hydroxyl groups is 1. The van der Waals surface area contributed by atoms with Gasteiger partial charge in [-0.05, 0) is 49.8 Å². The summed E-state index contributed by atoms with van der Waals surface area (Å²) in [6.07, 6.45) is 0.708. The molecule has 3 nitrogen and oxygen atoms in total. The molecule has 2 N–H and O–H groups in total. The average molecular weight is 338 g/mol. The van der Waals surface area contributed by atoms with E-state index in [1.165, 1.54) is 0 Å². The fourth-order valence-electron chi connectivity index (χ4n) is 3.05. The molecule has 0 radical (unpaired) electrons. The molecule has 0 aliphatic heterocycles.